The number of hydrogen-bond acceptors (Lipinski definition) is 3. The van der Waals surface area contributed by atoms with Gasteiger partial charge in [-0.25, -0.2) is 0 Å². The van der Waals surface area contributed by atoms with E-state index in [0.717, 1.165) is 6.42 Å². The highest BCUT2D eigenvalue weighted by molar-refractivity contribution is 5.97. The second-order valence-corrected chi connectivity index (χ2v) is 5.58. The van der Waals surface area contributed by atoms with Gasteiger partial charge in [-0.1, -0.05) is 6.42 Å². The third kappa shape index (κ3) is 2.89. The molecule has 2 amide bonds. The molecule has 0 radical (unpaired) electrons. The van der Waals surface area contributed by atoms with Gasteiger partial charge >= 0.3 is 5.97 Å². The molecule has 1 aliphatic rings. The summed E-state index contributed by atoms with van der Waals surface area (Å²) in [5.41, 5.74) is 4.91. The van der Waals surface area contributed by atoms with Crippen LogP contribution in [0.4, 0.5) is 0 Å². The van der Waals surface area contributed by atoms with Gasteiger partial charge < -0.3 is 16.2 Å². The first kappa shape index (κ1) is 15.0. The van der Waals surface area contributed by atoms with Crippen LogP contribution < -0.4 is 11.1 Å². The molecule has 6 heteroatoms. The van der Waals surface area contributed by atoms with Crippen LogP contribution in [0.15, 0.2) is 24.3 Å². The first-order chi connectivity index (χ1) is 9.84. The minimum Gasteiger partial charge on any atom is -0.481 e. The summed E-state index contributed by atoms with van der Waals surface area (Å²) in [4.78, 5) is 34.5. The SMILES string of the molecule is CC1(C(=O)O)CCCC1NC(=O)c1ccc(C(N)=O)cc1. The number of benzene rings is 1. The number of primary amides is 1. The van der Waals surface area contributed by atoms with Crippen molar-refractivity contribution in [2.24, 2.45) is 11.1 Å². The number of carboxylic acid groups (broad SMARTS) is 1. The zero-order valence-corrected chi connectivity index (χ0v) is 11.8. The third-order valence-electron chi connectivity index (χ3n) is 4.18. The van der Waals surface area contributed by atoms with E-state index >= 15 is 0 Å². The highest BCUT2D eigenvalue weighted by atomic mass is 16.4. The smallest absolute Gasteiger partial charge is 0.311 e. The predicted octanol–water partition coefficient (Wildman–Crippen LogP) is 1.16. The van der Waals surface area contributed by atoms with Crippen molar-refractivity contribution < 1.29 is 19.5 Å². The van der Waals surface area contributed by atoms with Crippen LogP contribution in [-0.4, -0.2) is 28.9 Å². The monoisotopic (exact) mass is 290 g/mol. The Bertz CT molecular complexity index is 582. The molecular formula is C15H18N2O4. The van der Waals surface area contributed by atoms with Crippen LogP contribution in [-0.2, 0) is 4.79 Å². The van der Waals surface area contributed by atoms with Gasteiger partial charge in [0.25, 0.3) is 5.91 Å². The number of hydrogen-bond donors (Lipinski definition) is 3. The second-order valence-electron chi connectivity index (χ2n) is 5.58. The molecule has 1 aromatic rings. The number of carboxylic acids is 1. The predicted molar refractivity (Wildman–Crippen MR) is 75.8 cm³/mol. The van der Waals surface area contributed by atoms with E-state index in [2.05, 4.69) is 5.32 Å². The van der Waals surface area contributed by atoms with Gasteiger partial charge in [-0.3, -0.25) is 14.4 Å². The average Bonchev–Trinajstić information content (AvgIpc) is 2.81. The number of nitrogens with two attached hydrogens (primary N) is 1. The van der Waals surface area contributed by atoms with Crippen LogP contribution in [0.5, 0.6) is 0 Å². The molecule has 1 saturated carbocycles. The van der Waals surface area contributed by atoms with Gasteiger partial charge in [-0.2, -0.15) is 0 Å². The molecule has 0 heterocycles. The summed E-state index contributed by atoms with van der Waals surface area (Å²) < 4.78 is 0. The van der Waals surface area contributed by atoms with Crippen molar-refractivity contribution in [2.45, 2.75) is 32.2 Å². The van der Waals surface area contributed by atoms with Crippen molar-refractivity contribution in [3.05, 3.63) is 35.4 Å². The zero-order chi connectivity index (χ0) is 15.6. The first-order valence-corrected chi connectivity index (χ1v) is 6.79. The van der Waals surface area contributed by atoms with E-state index in [1.54, 1.807) is 6.92 Å². The maximum absolute atomic E-state index is 12.2. The topological polar surface area (TPSA) is 109 Å². The number of nitrogens with one attached hydrogen (secondary N) is 1. The summed E-state index contributed by atoms with van der Waals surface area (Å²) in [5, 5.41) is 12.1. The van der Waals surface area contributed by atoms with Gasteiger partial charge in [0.15, 0.2) is 0 Å². The summed E-state index contributed by atoms with van der Waals surface area (Å²) in [5.74, 6) is -1.80. The molecular weight excluding hydrogens is 272 g/mol. The normalized spacial score (nSPS) is 24.5. The van der Waals surface area contributed by atoms with E-state index in [4.69, 9.17) is 5.73 Å². The standard InChI is InChI=1S/C15H18N2O4/c1-15(14(20)21)8-2-3-11(15)17-13(19)10-6-4-9(5-7-10)12(16)18/h4-7,11H,2-3,8H2,1H3,(H2,16,18)(H,17,19)(H,20,21). The maximum atomic E-state index is 12.2. The summed E-state index contributed by atoms with van der Waals surface area (Å²) in [6.07, 6.45) is 1.97. The van der Waals surface area contributed by atoms with Gasteiger partial charge in [0.05, 0.1) is 5.41 Å². The van der Waals surface area contributed by atoms with Crippen molar-refractivity contribution in [1.29, 1.82) is 0 Å². The van der Waals surface area contributed by atoms with Crippen molar-refractivity contribution in [2.75, 3.05) is 0 Å². The molecule has 2 unspecified atom stereocenters. The summed E-state index contributed by atoms with van der Waals surface area (Å²) >= 11 is 0. The van der Waals surface area contributed by atoms with Gasteiger partial charge in [0.2, 0.25) is 5.91 Å². The minimum atomic E-state index is -0.928. The molecule has 4 N–H and O–H groups in total. The lowest BCUT2D eigenvalue weighted by atomic mass is 9.85. The van der Waals surface area contributed by atoms with Gasteiger partial charge in [-0.15, -0.1) is 0 Å². The first-order valence-electron chi connectivity index (χ1n) is 6.79. The summed E-state index contributed by atoms with van der Waals surface area (Å²) in [7, 11) is 0. The Hall–Kier alpha value is -2.37. The third-order valence-corrected chi connectivity index (χ3v) is 4.18. The molecule has 2 atom stereocenters. The summed E-state index contributed by atoms with van der Waals surface area (Å²) in [6.45, 7) is 1.66. The lowest BCUT2D eigenvalue weighted by Gasteiger charge is -2.27. The van der Waals surface area contributed by atoms with Crippen LogP contribution in [0.25, 0.3) is 0 Å². The largest absolute Gasteiger partial charge is 0.481 e. The van der Waals surface area contributed by atoms with E-state index in [-0.39, 0.29) is 5.91 Å². The Morgan fingerprint density at radius 3 is 2.33 bits per heavy atom. The van der Waals surface area contributed by atoms with Crippen LogP contribution in [0, 0.1) is 5.41 Å². The quantitative estimate of drug-likeness (QED) is 0.772. The number of carbonyl (C=O) groups excluding carboxylic acids is 2. The van der Waals surface area contributed by atoms with Crippen LogP contribution in [0.2, 0.25) is 0 Å². The maximum Gasteiger partial charge on any atom is 0.311 e. The van der Waals surface area contributed by atoms with E-state index in [1.165, 1.54) is 24.3 Å². The Morgan fingerprint density at radius 1 is 1.24 bits per heavy atom. The molecule has 0 spiro atoms. The number of amides is 2. The Kier molecular flexibility index (Phi) is 3.97. The lowest BCUT2D eigenvalue weighted by Crippen LogP contribution is -2.47. The van der Waals surface area contributed by atoms with Crippen molar-refractivity contribution >= 4 is 17.8 Å². The fraction of sp³-hybridized carbons (Fsp3) is 0.400. The Labute approximate surface area is 122 Å². The van der Waals surface area contributed by atoms with Crippen molar-refractivity contribution in [1.82, 2.24) is 5.32 Å². The Balaban J connectivity index is 2.11. The molecule has 21 heavy (non-hydrogen) atoms. The van der Waals surface area contributed by atoms with Gasteiger partial charge in [0.1, 0.15) is 0 Å². The molecule has 0 saturated heterocycles. The van der Waals surface area contributed by atoms with Gasteiger partial charge in [-0.05, 0) is 44.0 Å². The van der Waals surface area contributed by atoms with Crippen molar-refractivity contribution in [3.63, 3.8) is 0 Å². The Morgan fingerprint density at radius 2 is 1.81 bits per heavy atom. The fourth-order valence-corrected chi connectivity index (χ4v) is 2.68. The second kappa shape index (κ2) is 5.55. The van der Waals surface area contributed by atoms with E-state index in [1.807, 2.05) is 0 Å². The van der Waals surface area contributed by atoms with Crippen LogP contribution >= 0.6 is 0 Å². The average molecular weight is 290 g/mol. The molecule has 1 aromatic carbocycles. The molecule has 1 aliphatic carbocycles. The summed E-state index contributed by atoms with van der Waals surface area (Å²) in [6, 6.07) is 5.56. The number of aliphatic carboxylic acids is 1. The molecule has 0 bridgehead atoms. The highest BCUT2D eigenvalue weighted by Crippen LogP contribution is 2.38. The van der Waals surface area contributed by atoms with Crippen LogP contribution in [0.3, 0.4) is 0 Å². The molecule has 112 valence electrons. The fourth-order valence-electron chi connectivity index (χ4n) is 2.68. The molecule has 1 fully saturated rings. The van der Waals surface area contributed by atoms with E-state index < -0.39 is 23.3 Å². The van der Waals surface area contributed by atoms with E-state index in [0.29, 0.717) is 24.0 Å². The van der Waals surface area contributed by atoms with Crippen LogP contribution in [0.1, 0.15) is 46.9 Å². The number of carbonyl (C=O) groups is 3. The molecule has 2 rings (SSSR count). The zero-order valence-electron chi connectivity index (χ0n) is 11.8. The lowest BCUT2D eigenvalue weighted by molar-refractivity contribution is -0.148. The number of rotatable bonds is 4. The molecule has 6 nitrogen and oxygen atoms in total. The highest BCUT2D eigenvalue weighted by Gasteiger charge is 2.45. The van der Waals surface area contributed by atoms with E-state index in [9.17, 15) is 19.5 Å². The molecule has 0 aliphatic heterocycles. The van der Waals surface area contributed by atoms with Gasteiger partial charge in [0, 0.05) is 17.2 Å². The minimum absolute atomic E-state index is 0.322. The molecule has 0 aromatic heterocycles. The van der Waals surface area contributed by atoms with Crippen molar-refractivity contribution in [3.8, 4) is 0 Å².